The first kappa shape index (κ1) is 19.9. The van der Waals surface area contributed by atoms with Gasteiger partial charge in [-0.2, -0.15) is 4.74 Å². The molecule has 0 amide bonds. The molecule has 2 N–H and O–H groups in total. The Kier molecular flexibility index (Phi) is 5.40. The van der Waals surface area contributed by atoms with Gasteiger partial charge in [0.25, 0.3) is 5.56 Å². The van der Waals surface area contributed by atoms with Gasteiger partial charge in [-0.15, -0.1) is 0 Å². The third-order valence-corrected chi connectivity index (χ3v) is 7.56. The van der Waals surface area contributed by atoms with E-state index in [-0.39, 0.29) is 11.6 Å². The van der Waals surface area contributed by atoms with Gasteiger partial charge in [-0.05, 0) is 70.6 Å². The van der Waals surface area contributed by atoms with E-state index in [9.17, 15) is 13.2 Å². The van der Waals surface area contributed by atoms with Crippen LogP contribution in [-0.2, 0) is 17.1 Å². The molecule has 0 bridgehead atoms. The molecule has 0 radical (unpaired) electrons. The molecule has 1 fully saturated rings. The van der Waals surface area contributed by atoms with Crippen LogP contribution in [0.3, 0.4) is 0 Å². The molecule has 0 saturated heterocycles. The zero-order chi connectivity index (χ0) is 19.8. The maximum Gasteiger partial charge on any atom is 0.290 e. The van der Waals surface area contributed by atoms with E-state index in [1.807, 2.05) is 12.1 Å². The number of aryl methyl sites for hydroxylation is 1. The molecule has 0 spiro atoms. The summed E-state index contributed by atoms with van der Waals surface area (Å²) in [6.45, 7) is 5.96. The van der Waals surface area contributed by atoms with E-state index in [1.165, 1.54) is 4.74 Å². The molecule has 1 aliphatic rings. The van der Waals surface area contributed by atoms with Crippen LogP contribution in [0.5, 0.6) is 0 Å². The largest absolute Gasteiger partial charge is 0.385 e. The number of nitrogens with zero attached hydrogens (tertiary/aromatic N) is 1. The van der Waals surface area contributed by atoms with Gasteiger partial charge in [0.05, 0.1) is 10.1 Å². The third-order valence-electron chi connectivity index (χ3n) is 5.30. The maximum atomic E-state index is 12.3. The van der Waals surface area contributed by atoms with E-state index in [4.69, 9.17) is 4.52 Å². The van der Waals surface area contributed by atoms with Crippen molar-refractivity contribution in [1.82, 2.24) is 9.46 Å². The molecule has 7 nitrogen and oxygen atoms in total. The number of sulfonamides is 1. The second kappa shape index (κ2) is 7.31. The molecule has 27 heavy (non-hydrogen) atoms. The zero-order valence-corrected chi connectivity index (χ0v) is 17.2. The number of nitrogens with one attached hydrogen (secondary N) is 2. The SMILES string of the molecule is Cn1oc2ccc(NC[C@H]3CC[C@H](NS(=O)(=O)C(C)(C)C)CC3)cc2c1=O. The van der Waals surface area contributed by atoms with Crippen molar-refractivity contribution in [2.75, 3.05) is 11.9 Å². The Balaban J connectivity index is 1.53. The van der Waals surface area contributed by atoms with Crippen LogP contribution >= 0.6 is 0 Å². The van der Waals surface area contributed by atoms with Crippen molar-refractivity contribution in [3.63, 3.8) is 0 Å². The van der Waals surface area contributed by atoms with Gasteiger partial charge in [0.2, 0.25) is 10.0 Å². The molecule has 1 aromatic heterocycles. The highest BCUT2D eigenvalue weighted by Crippen LogP contribution is 2.27. The lowest BCUT2D eigenvalue weighted by molar-refractivity contribution is 0.322. The van der Waals surface area contributed by atoms with Crippen LogP contribution < -0.4 is 15.6 Å². The van der Waals surface area contributed by atoms with Gasteiger partial charge < -0.3 is 9.84 Å². The molecule has 3 rings (SSSR count). The fourth-order valence-electron chi connectivity index (χ4n) is 3.39. The fraction of sp³-hybridized carbons (Fsp3) is 0.632. The molecule has 1 saturated carbocycles. The Bertz CT molecular complexity index is 961. The first-order valence-electron chi connectivity index (χ1n) is 9.42. The van der Waals surface area contributed by atoms with Crippen molar-refractivity contribution in [3.8, 4) is 0 Å². The Morgan fingerprint density at radius 2 is 1.85 bits per heavy atom. The first-order valence-corrected chi connectivity index (χ1v) is 10.9. The second-order valence-corrected chi connectivity index (χ2v) is 10.9. The Hall–Kier alpha value is -1.80. The standard InChI is InChI=1S/C19H29N3O4S/c1-19(2,3)27(24,25)21-14-7-5-13(6-8-14)12-20-15-9-10-17-16(11-15)18(23)22(4)26-17/h9-11,13-14,20-21H,5-8,12H2,1-4H3/t13-,14-. The number of rotatable bonds is 5. The number of benzene rings is 1. The highest BCUT2D eigenvalue weighted by molar-refractivity contribution is 7.90. The Morgan fingerprint density at radius 1 is 1.19 bits per heavy atom. The van der Waals surface area contributed by atoms with Gasteiger partial charge >= 0.3 is 0 Å². The minimum absolute atomic E-state index is 0.0239. The summed E-state index contributed by atoms with van der Waals surface area (Å²) in [5, 5.41) is 3.97. The summed E-state index contributed by atoms with van der Waals surface area (Å²) in [5.74, 6) is 0.489. The van der Waals surface area contributed by atoms with Gasteiger partial charge in [0.15, 0.2) is 5.58 Å². The molecule has 1 aromatic carbocycles. The number of hydrogen-bond donors (Lipinski definition) is 2. The summed E-state index contributed by atoms with van der Waals surface area (Å²) in [6.07, 6.45) is 3.64. The van der Waals surface area contributed by atoms with Gasteiger partial charge in [-0.25, -0.2) is 13.1 Å². The smallest absolute Gasteiger partial charge is 0.290 e. The lowest BCUT2D eigenvalue weighted by Gasteiger charge is -2.31. The summed E-state index contributed by atoms with van der Waals surface area (Å²) in [5.41, 5.74) is 1.34. The highest BCUT2D eigenvalue weighted by atomic mass is 32.2. The number of fused-ring (bicyclic) bond motifs is 1. The van der Waals surface area contributed by atoms with Crippen LogP contribution in [0.4, 0.5) is 5.69 Å². The molecule has 0 aliphatic heterocycles. The predicted molar refractivity (Wildman–Crippen MR) is 107 cm³/mol. The normalized spacial score (nSPS) is 21.5. The summed E-state index contributed by atoms with van der Waals surface area (Å²) in [6, 6.07) is 5.56. The second-order valence-electron chi connectivity index (χ2n) is 8.44. The molecule has 1 aliphatic carbocycles. The number of anilines is 1. The molecular weight excluding hydrogens is 366 g/mol. The van der Waals surface area contributed by atoms with Crippen molar-refractivity contribution in [2.24, 2.45) is 13.0 Å². The first-order chi connectivity index (χ1) is 12.6. The van der Waals surface area contributed by atoms with Crippen LogP contribution in [0.15, 0.2) is 27.5 Å². The lowest BCUT2D eigenvalue weighted by Crippen LogP contribution is -2.46. The molecule has 0 atom stereocenters. The predicted octanol–water partition coefficient (Wildman–Crippen LogP) is 2.82. The van der Waals surface area contributed by atoms with E-state index in [0.29, 0.717) is 16.9 Å². The van der Waals surface area contributed by atoms with E-state index in [1.54, 1.807) is 33.9 Å². The van der Waals surface area contributed by atoms with Gasteiger partial charge in [-0.3, -0.25) is 4.79 Å². The molecule has 8 heteroatoms. The number of aromatic nitrogens is 1. The monoisotopic (exact) mass is 395 g/mol. The molecular formula is C19H29N3O4S. The average Bonchev–Trinajstić information content (AvgIpc) is 2.87. The van der Waals surface area contributed by atoms with Crippen molar-refractivity contribution in [2.45, 2.75) is 57.2 Å². The van der Waals surface area contributed by atoms with Crippen molar-refractivity contribution >= 4 is 26.7 Å². The topological polar surface area (TPSA) is 93.3 Å². The highest BCUT2D eigenvalue weighted by Gasteiger charge is 2.32. The zero-order valence-electron chi connectivity index (χ0n) is 16.4. The molecule has 1 heterocycles. The van der Waals surface area contributed by atoms with Gasteiger partial charge in [0.1, 0.15) is 0 Å². The number of hydrogen-bond acceptors (Lipinski definition) is 5. The summed E-state index contributed by atoms with van der Waals surface area (Å²) >= 11 is 0. The Labute approximate surface area is 160 Å². The average molecular weight is 396 g/mol. The van der Waals surface area contributed by atoms with Crippen LogP contribution in [0, 0.1) is 5.92 Å². The van der Waals surface area contributed by atoms with E-state index in [0.717, 1.165) is 37.9 Å². The molecule has 150 valence electrons. The minimum atomic E-state index is -3.30. The lowest BCUT2D eigenvalue weighted by atomic mass is 9.86. The van der Waals surface area contributed by atoms with Gasteiger partial charge in [-0.1, -0.05) is 0 Å². The minimum Gasteiger partial charge on any atom is -0.385 e. The van der Waals surface area contributed by atoms with Crippen molar-refractivity contribution in [3.05, 3.63) is 28.6 Å². The van der Waals surface area contributed by atoms with Crippen LogP contribution in [0.1, 0.15) is 46.5 Å². The van der Waals surface area contributed by atoms with Gasteiger partial charge in [0, 0.05) is 25.3 Å². The Morgan fingerprint density at radius 3 is 2.48 bits per heavy atom. The van der Waals surface area contributed by atoms with Crippen molar-refractivity contribution < 1.29 is 12.9 Å². The fourth-order valence-corrected chi connectivity index (χ4v) is 4.42. The van der Waals surface area contributed by atoms with Crippen LogP contribution in [-0.4, -0.2) is 30.5 Å². The third kappa shape index (κ3) is 4.38. The maximum absolute atomic E-state index is 12.3. The van der Waals surface area contributed by atoms with Crippen LogP contribution in [0.2, 0.25) is 0 Å². The summed E-state index contributed by atoms with van der Waals surface area (Å²) in [7, 11) is -1.70. The van der Waals surface area contributed by atoms with Crippen molar-refractivity contribution in [1.29, 1.82) is 0 Å². The molecule has 0 unspecified atom stereocenters. The summed E-state index contributed by atoms with van der Waals surface area (Å²) < 4.78 is 33.2. The van der Waals surface area contributed by atoms with E-state index in [2.05, 4.69) is 10.0 Å². The molecule has 2 aromatic rings. The quantitative estimate of drug-likeness (QED) is 0.812. The van der Waals surface area contributed by atoms with E-state index < -0.39 is 14.8 Å². The van der Waals surface area contributed by atoms with Crippen LogP contribution in [0.25, 0.3) is 11.0 Å². The van der Waals surface area contributed by atoms with E-state index >= 15 is 0 Å². The summed E-state index contributed by atoms with van der Waals surface area (Å²) in [4.78, 5) is 12.0.